The lowest BCUT2D eigenvalue weighted by molar-refractivity contribution is 0.384. The van der Waals surface area contributed by atoms with Gasteiger partial charge in [-0.1, -0.05) is 6.08 Å². The average Bonchev–Trinajstić information content (AvgIpc) is 2.60. The van der Waals surface area contributed by atoms with E-state index in [9.17, 15) is 8.42 Å². The Bertz CT molecular complexity index is 326. The van der Waals surface area contributed by atoms with E-state index in [4.69, 9.17) is 0 Å². The van der Waals surface area contributed by atoms with Crippen LogP contribution in [0.3, 0.4) is 0 Å². The number of rotatable bonds is 3. The first-order valence-corrected chi connectivity index (χ1v) is 6.57. The van der Waals surface area contributed by atoms with E-state index >= 15 is 0 Å². The van der Waals surface area contributed by atoms with E-state index < -0.39 is 10.0 Å². The first-order chi connectivity index (χ1) is 6.65. The maximum atomic E-state index is 11.8. The van der Waals surface area contributed by atoms with Crippen LogP contribution in [-0.4, -0.2) is 44.2 Å². The highest BCUT2D eigenvalue weighted by Gasteiger charge is 2.42. The van der Waals surface area contributed by atoms with Crippen LogP contribution in [0.4, 0.5) is 0 Å². The van der Waals surface area contributed by atoms with Crippen molar-refractivity contribution < 1.29 is 8.42 Å². The lowest BCUT2D eigenvalue weighted by Crippen LogP contribution is -2.39. The molecule has 0 aromatic carbocycles. The smallest absolute Gasteiger partial charge is 0.217 e. The van der Waals surface area contributed by atoms with Crippen LogP contribution in [0, 0.1) is 5.92 Å². The predicted octanol–water partition coefficient (Wildman–Crippen LogP) is -0.204. The van der Waals surface area contributed by atoms with E-state index in [2.05, 4.69) is 11.9 Å². The van der Waals surface area contributed by atoms with Crippen molar-refractivity contribution in [1.29, 1.82) is 0 Å². The minimum atomic E-state index is -3.09. The molecule has 0 radical (unpaired) electrons. The van der Waals surface area contributed by atoms with Gasteiger partial charge >= 0.3 is 0 Å². The normalized spacial score (nSPS) is 33.1. The van der Waals surface area contributed by atoms with Crippen LogP contribution in [0.5, 0.6) is 0 Å². The summed E-state index contributed by atoms with van der Waals surface area (Å²) in [5.74, 6) is 0.588. The molecular weight excluding hydrogens is 200 g/mol. The van der Waals surface area contributed by atoms with Gasteiger partial charge in [-0.25, -0.2) is 8.42 Å². The third-order valence-electron chi connectivity index (χ3n) is 3.08. The topological polar surface area (TPSA) is 49.4 Å². The van der Waals surface area contributed by atoms with Crippen LogP contribution in [0.1, 0.15) is 6.42 Å². The van der Waals surface area contributed by atoms with Gasteiger partial charge in [-0.05, 0) is 18.9 Å². The maximum Gasteiger partial charge on any atom is 0.217 e. The summed E-state index contributed by atoms with van der Waals surface area (Å²) in [5, 5.41) is 3.24. The third kappa shape index (κ3) is 1.60. The van der Waals surface area contributed by atoms with Gasteiger partial charge in [-0.2, -0.15) is 4.31 Å². The van der Waals surface area contributed by atoms with Gasteiger partial charge in [0.15, 0.2) is 0 Å². The molecule has 0 aromatic rings. The highest BCUT2D eigenvalue weighted by Crippen LogP contribution is 2.29. The van der Waals surface area contributed by atoms with Crippen LogP contribution in [0.2, 0.25) is 0 Å². The summed E-state index contributed by atoms with van der Waals surface area (Å²) in [4.78, 5) is 0. The zero-order chi connectivity index (χ0) is 10.2. The Morgan fingerprint density at radius 1 is 1.50 bits per heavy atom. The molecule has 5 heteroatoms. The van der Waals surface area contributed by atoms with Crippen molar-refractivity contribution in [2.45, 2.75) is 12.5 Å². The highest BCUT2D eigenvalue weighted by molar-refractivity contribution is 7.89. The van der Waals surface area contributed by atoms with Crippen molar-refractivity contribution in [2.24, 2.45) is 5.92 Å². The largest absolute Gasteiger partial charge is 0.315 e. The van der Waals surface area contributed by atoms with E-state index in [1.165, 1.54) is 6.08 Å². The SMILES string of the molecule is C=CCS(=O)(=O)N1CC[C@H]2CNC[C@H]21. The minimum Gasteiger partial charge on any atom is -0.315 e. The van der Waals surface area contributed by atoms with Gasteiger partial charge in [-0.15, -0.1) is 6.58 Å². The quantitative estimate of drug-likeness (QED) is 0.664. The van der Waals surface area contributed by atoms with Crippen molar-refractivity contribution in [1.82, 2.24) is 9.62 Å². The Kier molecular flexibility index (Phi) is 2.64. The Morgan fingerprint density at radius 2 is 2.29 bits per heavy atom. The summed E-state index contributed by atoms with van der Waals surface area (Å²) in [6.45, 7) is 5.94. The molecule has 1 N–H and O–H groups in total. The van der Waals surface area contributed by atoms with Gasteiger partial charge < -0.3 is 5.32 Å². The molecule has 80 valence electrons. The summed E-state index contributed by atoms with van der Waals surface area (Å²) < 4.78 is 25.3. The second-order valence-corrected chi connectivity index (χ2v) is 5.92. The number of hydrogen-bond donors (Lipinski definition) is 1. The first-order valence-electron chi connectivity index (χ1n) is 4.96. The van der Waals surface area contributed by atoms with Gasteiger partial charge in [0.1, 0.15) is 0 Å². The number of sulfonamides is 1. The molecule has 4 nitrogen and oxygen atoms in total. The zero-order valence-corrected chi connectivity index (χ0v) is 8.96. The summed E-state index contributed by atoms with van der Waals surface area (Å²) in [6, 6.07) is 0.194. The third-order valence-corrected chi connectivity index (χ3v) is 4.90. The van der Waals surface area contributed by atoms with E-state index in [0.29, 0.717) is 12.5 Å². The van der Waals surface area contributed by atoms with Crippen LogP contribution in [0.25, 0.3) is 0 Å². The van der Waals surface area contributed by atoms with E-state index in [1.807, 2.05) is 0 Å². The molecule has 0 aromatic heterocycles. The fourth-order valence-corrected chi connectivity index (χ4v) is 3.93. The molecular formula is C9H16N2O2S. The van der Waals surface area contributed by atoms with Crippen LogP contribution < -0.4 is 5.32 Å². The maximum absolute atomic E-state index is 11.8. The van der Waals surface area contributed by atoms with Gasteiger partial charge in [0.25, 0.3) is 0 Å². The fraction of sp³-hybridized carbons (Fsp3) is 0.778. The molecule has 2 atom stereocenters. The lowest BCUT2D eigenvalue weighted by Gasteiger charge is -2.21. The number of nitrogens with zero attached hydrogens (tertiary/aromatic N) is 1. The van der Waals surface area contributed by atoms with Crippen LogP contribution >= 0.6 is 0 Å². The summed E-state index contributed by atoms with van der Waals surface area (Å²) in [7, 11) is -3.09. The molecule has 2 aliphatic rings. The standard InChI is InChI=1S/C9H16N2O2S/c1-2-5-14(12,13)11-4-3-8-6-10-7-9(8)11/h2,8-10H,1,3-7H2/t8-,9+/m0/s1. The van der Waals surface area contributed by atoms with Crippen molar-refractivity contribution >= 4 is 10.0 Å². The molecule has 2 heterocycles. The van der Waals surface area contributed by atoms with Crippen molar-refractivity contribution in [2.75, 3.05) is 25.4 Å². The molecule has 0 amide bonds. The Balaban J connectivity index is 2.15. The monoisotopic (exact) mass is 216 g/mol. The molecule has 2 rings (SSSR count). The number of hydrogen-bond acceptors (Lipinski definition) is 3. The summed E-state index contributed by atoms with van der Waals surface area (Å²) in [5.41, 5.74) is 0. The average molecular weight is 216 g/mol. The van der Waals surface area contributed by atoms with Crippen LogP contribution in [0.15, 0.2) is 12.7 Å². The van der Waals surface area contributed by atoms with Crippen molar-refractivity contribution in [3.63, 3.8) is 0 Å². The first kappa shape index (κ1) is 10.1. The van der Waals surface area contributed by atoms with E-state index in [0.717, 1.165) is 19.5 Å². The lowest BCUT2D eigenvalue weighted by atomic mass is 10.1. The molecule has 0 aliphatic carbocycles. The van der Waals surface area contributed by atoms with Crippen LogP contribution in [-0.2, 0) is 10.0 Å². The molecule has 0 unspecified atom stereocenters. The predicted molar refractivity (Wildman–Crippen MR) is 55.5 cm³/mol. The Hall–Kier alpha value is -0.390. The second kappa shape index (κ2) is 3.64. The summed E-state index contributed by atoms with van der Waals surface area (Å²) in [6.07, 6.45) is 2.46. The molecule has 0 saturated carbocycles. The van der Waals surface area contributed by atoms with Gasteiger partial charge in [0.05, 0.1) is 5.75 Å². The molecule has 2 saturated heterocycles. The van der Waals surface area contributed by atoms with Gasteiger partial charge in [0, 0.05) is 19.1 Å². The fourth-order valence-electron chi connectivity index (χ4n) is 2.40. The van der Waals surface area contributed by atoms with E-state index in [-0.39, 0.29) is 11.8 Å². The Morgan fingerprint density at radius 3 is 3.00 bits per heavy atom. The molecule has 0 bridgehead atoms. The molecule has 2 aliphatic heterocycles. The van der Waals surface area contributed by atoms with Gasteiger partial charge in [0.2, 0.25) is 10.0 Å². The highest BCUT2D eigenvalue weighted by atomic mass is 32.2. The van der Waals surface area contributed by atoms with Crippen molar-refractivity contribution in [3.8, 4) is 0 Å². The second-order valence-electron chi connectivity index (χ2n) is 3.95. The zero-order valence-electron chi connectivity index (χ0n) is 8.15. The van der Waals surface area contributed by atoms with Gasteiger partial charge in [-0.3, -0.25) is 0 Å². The molecule has 0 spiro atoms. The van der Waals surface area contributed by atoms with Crippen molar-refractivity contribution in [3.05, 3.63) is 12.7 Å². The van der Waals surface area contributed by atoms with E-state index in [1.54, 1.807) is 4.31 Å². The molecule has 2 fully saturated rings. The number of fused-ring (bicyclic) bond motifs is 1. The number of nitrogens with one attached hydrogen (secondary N) is 1. The minimum absolute atomic E-state index is 0.0657. The summed E-state index contributed by atoms with van der Waals surface area (Å²) >= 11 is 0. The Labute approximate surface area is 85.0 Å². The molecule has 14 heavy (non-hydrogen) atoms.